The molecule has 0 bridgehead atoms. The second kappa shape index (κ2) is 9.40. The lowest BCUT2D eigenvalue weighted by Gasteiger charge is -2.37. The van der Waals surface area contributed by atoms with Gasteiger partial charge in [0.2, 0.25) is 0 Å². The maximum absolute atomic E-state index is 9.34. The Kier molecular flexibility index (Phi) is 6.22. The summed E-state index contributed by atoms with van der Waals surface area (Å²) in [5.41, 5.74) is 4.80. The molecular weight excluding hydrogens is 386 g/mol. The molecule has 2 saturated heterocycles. The van der Waals surface area contributed by atoms with Crippen LogP contribution in [0.25, 0.3) is 0 Å². The summed E-state index contributed by atoms with van der Waals surface area (Å²) in [5, 5.41) is 9.34. The highest BCUT2D eigenvalue weighted by Gasteiger charge is 2.36. The zero-order chi connectivity index (χ0) is 21.0. The van der Waals surface area contributed by atoms with E-state index < -0.39 is 0 Å². The van der Waals surface area contributed by atoms with E-state index in [2.05, 4.69) is 46.2 Å². The quantitative estimate of drug-likeness (QED) is 0.667. The fraction of sp³-hybridized carbons (Fsp3) is 0.500. The molecule has 0 saturated carbocycles. The lowest BCUT2D eigenvalue weighted by atomic mass is 9.81. The zero-order valence-electron chi connectivity index (χ0n) is 18.1. The largest absolute Gasteiger partial charge is 0.494 e. The van der Waals surface area contributed by atoms with E-state index >= 15 is 0 Å². The molecule has 0 aromatic heterocycles. The Hall–Kier alpha value is -2.39. The van der Waals surface area contributed by atoms with Gasteiger partial charge in [0.25, 0.3) is 0 Å². The molecule has 5 heteroatoms. The van der Waals surface area contributed by atoms with Crippen LogP contribution >= 0.6 is 0 Å². The maximum Gasteiger partial charge on any atom is 0.119 e. The number of fused-ring (bicyclic) bond motifs is 3. The average molecular weight is 418 g/mol. The van der Waals surface area contributed by atoms with Gasteiger partial charge in [-0.1, -0.05) is 18.2 Å². The van der Waals surface area contributed by atoms with Crippen LogP contribution in [0.1, 0.15) is 53.5 Å². The normalized spacial score (nSPS) is 23.7. The van der Waals surface area contributed by atoms with Crippen LogP contribution in [0.2, 0.25) is 0 Å². The highest BCUT2D eigenvalue weighted by atomic mass is 16.5. The molecule has 5 nitrogen and oxygen atoms in total. The molecular formula is C26H31N3O2. The number of rotatable bonds is 6. The number of benzene rings is 2. The third-order valence-corrected chi connectivity index (χ3v) is 6.98. The van der Waals surface area contributed by atoms with E-state index in [0.29, 0.717) is 12.0 Å². The number of morpholine rings is 1. The fourth-order valence-corrected chi connectivity index (χ4v) is 5.39. The van der Waals surface area contributed by atoms with Gasteiger partial charge in [0, 0.05) is 38.1 Å². The summed E-state index contributed by atoms with van der Waals surface area (Å²) in [6.45, 7) is 7.77. The minimum Gasteiger partial charge on any atom is -0.494 e. The number of nitrogens with zero attached hydrogens (tertiary/aromatic N) is 3. The van der Waals surface area contributed by atoms with E-state index in [-0.39, 0.29) is 0 Å². The average Bonchev–Trinajstić information content (AvgIpc) is 3.31. The van der Waals surface area contributed by atoms with Crippen molar-refractivity contribution in [3.8, 4) is 11.8 Å². The van der Waals surface area contributed by atoms with Gasteiger partial charge in [-0.3, -0.25) is 9.80 Å². The first-order chi connectivity index (χ1) is 15.3. The molecule has 162 valence electrons. The number of hydrogen-bond donors (Lipinski definition) is 0. The second-order valence-corrected chi connectivity index (χ2v) is 8.89. The fourth-order valence-electron chi connectivity index (χ4n) is 5.39. The van der Waals surface area contributed by atoms with Crippen molar-refractivity contribution >= 4 is 0 Å². The molecule has 3 aliphatic heterocycles. The van der Waals surface area contributed by atoms with Gasteiger partial charge in [0.1, 0.15) is 5.75 Å². The van der Waals surface area contributed by atoms with E-state index in [9.17, 15) is 5.26 Å². The zero-order valence-corrected chi connectivity index (χ0v) is 18.1. The predicted octanol–water partition coefficient (Wildman–Crippen LogP) is 3.94. The number of hydrogen-bond acceptors (Lipinski definition) is 5. The monoisotopic (exact) mass is 417 g/mol. The first kappa shape index (κ1) is 20.5. The molecule has 0 N–H and O–H groups in total. The van der Waals surface area contributed by atoms with Crippen LogP contribution in [-0.2, 0) is 4.74 Å². The van der Waals surface area contributed by atoms with Crippen LogP contribution in [0.3, 0.4) is 0 Å². The van der Waals surface area contributed by atoms with Crippen molar-refractivity contribution in [2.45, 2.75) is 31.2 Å². The summed E-state index contributed by atoms with van der Waals surface area (Å²) < 4.78 is 11.6. The molecule has 0 spiro atoms. The van der Waals surface area contributed by atoms with Gasteiger partial charge in [-0.15, -0.1) is 0 Å². The standard InChI is InChI=1S/C26H31N3O2/c27-18-20-4-1-5-21(16-20)25-19-29-10-2-6-26(29)24-17-22(7-8-23(24)25)31-13-3-9-28-11-14-30-15-12-28/h1,4-5,7-8,16-17,25-26H,2-3,6,9-15,19H2/t25-,26+/m0/s1. The van der Waals surface area contributed by atoms with Crippen LogP contribution in [0.4, 0.5) is 0 Å². The summed E-state index contributed by atoms with van der Waals surface area (Å²) in [6, 6.07) is 17.6. The highest BCUT2D eigenvalue weighted by molar-refractivity contribution is 5.48. The highest BCUT2D eigenvalue weighted by Crippen LogP contribution is 2.45. The van der Waals surface area contributed by atoms with Gasteiger partial charge < -0.3 is 9.47 Å². The Bertz CT molecular complexity index is 948. The third kappa shape index (κ3) is 4.48. The van der Waals surface area contributed by atoms with Gasteiger partial charge in [0.05, 0.1) is 31.5 Å². The molecule has 0 amide bonds. The molecule has 0 aliphatic carbocycles. The summed E-state index contributed by atoms with van der Waals surface area (Å²) in [6.07, 6.45) is 3.51. The Morgan fingerprint density at radius 1 is 1.06 bits per heavy atom. The molecule has 2 atom stereocenters. The Morgan fingerprint density at radius 2 is 1.97 bits per heavy atom. The topological polar surface area (TPSA) is 48.7 Å². The van der Waals surface area contributed by atoms with Gasteiger partial charge in [0.15, 0.2) is 0 Å². The molecule has 3 heterocycles. The molecule has 2 aromatic rings. The van der Waals surface area contributed by atoms with E-state index in [4.69, 9.17) is 9.47 Å². The van der Waals surface area contributed by atoms with Gasteiger partial charge in [-0.25, -0.2) is 0 Å². The first-order valence-corrected chi connectivity index (χ1v) is 11.6. The lowest BCUT2D eigenvalue weighted by Crippen LogP contribution is -2.37. The van der Waals surface area contributed by atoms with Crippen LogP contribution < -0.4 is 4.74 Å². The Labute approximate surface area is 185 Å². The van der Waals surface area contributed by atoms with Crippen LogP contribution in [0.15, 0.2) is 42.5 Å². The van der Waals surface area contributed by atoms with Crippen molar-refractivity contribution < 1.29 is 9.47 Å². The van der Waals surface area contributed by atoms with Gasteiger partial charge in [-0.05, 0) is 66.8 Å². The predicted molar refractivity (Wildman–Crippen MR) is 120 cm³/mol. The minimum absolute atomic E-state index is 0.313. The van der Waals surface area contributed by atoms with Gasteiger partial charge >= 0.3 is 0 Å². The SMILES string of the molecule is N#Cc1cccc([C@@H]2CN3CCC[C@@H]3c3cc(OCCCN4CCOCC4)ccc32)c1. The van der Waals surface area contributed by atoms with E-state index in [1.807, 2.05) is 12.1 Å². The van der Waals surface area contributed by atoms with Crippen molar-refractivity contribution in [1.82, 2.24) is 9.80 Å². The molecule has 2 aromatic carbocycles. The van der Waals surface area contributed by atoms with Crippen molar-refractivity contribution in [3.05, 3.63) is 64.7 Å². The molecule has 0 unspecified atom stereocenters. The van der Waals surface area contributed by atoms with Crippen LogP contribution in [0, 0.1) is 11.3 Å². The number of ether oxygens (including phenoxy) is 2. The minimum atomic E-state index is 0.313. The Balaban J connectivity index is 1.31. The Morgan fingerprint density at radius 3 is 2.84 bits per heavy atom. The summed E-state index contributed by atoms with van der Waals surface area (Å²) in [4.78, 5) is 5.07. The van der Waals surface area contributed by atoms with Crippen molar-refractivity contribution in [3.63, 3.8) is 0 Å². The third-order valence-electron chi connectivity index (χ3n) is 6.98. The first-order valence-electron chi connectivity index (χ1n) is 11.6. The lowest BCUT2D eigenvalue weighted by molar-refractivity contribution is 0.0358. The maximum atomic E-state index is 9.34. The van der Waals surface area contributed by atoms with Crippen molar-refractivity contribution in [2.24, 2.45) is 0 Å². The summed E-state index contributed by atoms with van der Waals surface area (Å²) >= 11 is 0. The van der Waals surface area contributed by atoms with Crippen LogP contribution in [-0.4, -0.2) is 62.3 Å². The summed E-state index contributed by atoms with van der Waals surface area (Å²) in [5.74, 6) is 1.30. The smallest absolute Gasteiger partial charge is 0.119 e. The van der Waals surface area contributed by atoms with E-state index in [1.54, 1.807) is 0 Å². The number of nitriles is 1. The molecule has 2 fully saturated rings. The second-order valence-electron chi connectivity index (χ2n) is 8.89. The van der Waals surface area contributed by atoms with E-state index in [0.717, 1.165) is 70.3 Å². The van der Waals surface area contributed by atoms with Crippen molar-refractivity contribution in [1.29, 1.82) is 5.26 Å². The molecule has 31 heavy (non-hydrogen) atoms. The van der Waals surface area contributed by atoms with Gasteiger partial charge in [-0.2, -0.15) is 5.26 Å². The van der Waals surface area contributed by atoms with Crippen molar-refractivity contribution in [2.75, 3.05) is 52.5 Å². The van der Waals surface area contributed by atoms with E-state index in [1.165, 1.54) is 29.5 Å². The molecule has 3 aliphatic rings. The molecule has 0 radical (unpaired) electrons. The molecule has 5 rings (SSSR count). The summed E-state index contributed by atoms with van der Waals surface area (Å²) in [7, 11) is 0. The van der Waals surface area contributed by atoms with Crippen LogP contribution in [0.5, 0.6) is 5.75 Å².